The molecule has 0 aliphatic rings. The van der Waals surface area contributed by atoms with Crippen LogP contribution in [0.15, 0.2) is 0 Å². The number of rotatable bonds is 35. The standard InChI is InChI=1S/C33H61NO6.C6H14N2O2.C2H7NO/c1-3-5-7-9-11-13-15-17-19-21-23-25-30(35)34(29(33(39)40)27-28-32(37)38)31(36)26-24-22-20-18-16-14-12-10-8-6-4-2;7-4-2-1-3-5(8)6(9)10;3-1-2-4/h29H,3-28H2,1-2H3,(H,37,38)(H,39,40);5H,1-4,7-8H2,(H,9,10);4H,1-3H2/t29-;5-;/m00./s1. The third kappa shape index (κ3) is 39.1. The summed E-state index contributed by atoms with van der Waals surface area (Å²) in [5.41, 5.74) is 15.2. The molecule has 13 nitrogen and oxygen atoms in total. The maximum atomic E-state index is 13.0. The van der Waals surface area contributed by atoms with Gasteiger partial charge in [0.25, 0.3) is 0 Å². The molecule has 0 aliphatic carbocycles. The molecule has 0 saturated carbocycles. The molecule has 0 spiro atoms. The third-order valence-electron chi connectivity index (χ3n) is 9.17. The Morgan fingerprint density at radius 2 is 0.833 bits per heavy atom. The third-order valence-corrected chi connectivity index (χ3v) is 9.17. The van der Waals surface area contributed by atoms with Gasteiger partial charge in [0, 0.05) is 25.8 Å². The average Bonchev–Trinajstić information content (AvgIpc) is 3.14. The van der Waals surface area contributed by atoms with Gasteiger partial charge in [0.15, 0.2) is 0 Å². The molecule has 0 unspecified atom stereocenters. The molecule has 0 heterocycles. The Hall–Kier alpha value is -2.61. The van der Waals surface area contributed by atoms with E-state index in [0.29, 0.717) is 32.4 Å². The highest BCUT2D eigenvalue weighted by molar-refractivity contribution is 5.99. The van der Waals surface area contributed by atoms with Crippen molar-refractivity contribution in [1.82, 2.24) is 4.90 Å². The summed E-state index contributed by atoms with van der Waals surface area (Å²) in [5, 5.41) is 34.9. The second kappa shape index (κ2) is 43.1. The van der Waals surface area contributed by atoms with Gasteiger partial charge in [-0.3, -0.25) is 24.1 Å². The first-order chi connectivity index (χ1) is 25.9. The van der Waals surface area contributed by atoms with Crippen molar-refractivity contribution >= 4 is 29.7 Å². The van der Waals surface area contributed by atoms with Gasteiger partial charge in [0.1, 0.15) is 12.1 Å². The van der Waals surface area contributed by atoms with Crippen LogP contribution in [-0.4, -0.2) is 86.8 Å². The Morgan fingerprint density at radius 1 is 0.481 bits per heavy atom. The second-order valence-corrected chi connectivity index (χ2v) is 14.3. The fraction of sp³-hybridized carbons (Fsp3) is 0.878. The Kier molecular flexibility index (Phi) is 44.5. The minimum atomic E-state index is -1.42. The van der Waals surface area contributed by atoms with Crippen LogP contribution in [0.1, 0.15) is 200 Å². The van der Waals surface area contributed by atoms with Gasteiger partial charge in [-0.25, -0.2) is 4.79 Å². The summed E-state index contributed by atoms with van der Waals surface area (Å²) >= 11 is 0. The molecular formula is C41H82N4O9. The maximum Gasteiger partial charge on any atom is 0.326 e. The monoisotopic (exact) mass is 775 g/mol. The number of carbonyl (C=O) groups is 5. The molecular weight excluding hydrogens is 692 g/mol. The fourth-order valence-electron chi connectivity index (χ4n) is 5.86. The van der Waals surface area contributed by atoms with Gasteiger partial charge >= 0.3 is 17.9 Å². The van der Waals surface area contributed by atoms with Crippen molar-refractivity contribution in [1.29, 1.82) is 0 Å². The van der Waals surface area contributed by atoms with Gasteiger partial charge in [0.05, 0.1) is 6.61 Å². The van der Waals surface area contributed by atoms with E-state index in [-0.39, 0.29) is 25.9 Å². The van der Waals surface area contributed by atoms with Crippen LogP contribution in [-0.2, 0) is 24.0 Å². The molecule has 0 aromatic carbocycles. The molecule has 2 atom stereocenters. The minimum absolute atomic E-state index is 0.0972. The first-order valence-electron chi connectivity index (χ1n) is 21.2. The zero-order chi connectivity index (χ0) is 41.2. The number of unbranched alkanes of at least 4 members (excludes halogenated alkanes) is 21. The number of aliphatic hydroxyl groups is 1. The molecule has 0 aromatic rings. The highest BCUT2D eigenvalue weighted by atomic mass is 16.4. The van der Waals surface area contributed by atoms with Crippen LogP contribution in [0.5, 0.6) is 0 Å². The Labute approximate surface area is 327 Å². The van der Waals surface area contributed by atoms with Gasteiger partial charge in [-0.05, 0) is 38.6 Å². The topological polar surface area (TPSA) is 248 Å². The lowest BCUT2D eigenvalue weighted by Gasteiger charge is -2.27. The van der Waals surface area contributed by atoms with Crippen molar-refractivity contribution in [2.75, 3.05) is 19.7 Å². The summed E-state index contributed by atoms with van der Waals surface area (Å²) in [4.78, 5) is 60.1. The van der Waals surface area contributed by atoms with Crippen molar-refractivity contribution < 1.29 is 44.4 Å². The van der Waals surface area contributed by atoms with E-state index < -0.39 is 48.2 Å². The van der Waals surface area contributed by atoms with Crippen molar-refractivity contribution in [3.63, 3.8) is 0 Å². The van der Waals surface area contributed by atoms with E-state index in [1.54, 1.807) is 0 Å². The predicted molar refractivity (Wildman–Crippen MR) is 217 cm³/mol. The molecule has 0 bridgehead atoms. The van der Waals surface area contributed by atoms with Crippen LogP contribution in [0, 0.1) is 0 Å². The SMILES string of the molecule is CCCCCCCCCCCCCC(=O)N(C(=O)CCCCCCCCCCCCC)[C@@H](CCC(=O)O)C(=O)O.NCCCC[C@H](N)C(=O)O.NCCO. The minimum Gasteiger partial charge on any atom is -0.481 e. The van der Waals surface area contributed by atoms with E-state index in [0.717, 1.165) is 56.3 Å². The lowest BCUT2D eigenvalue weighted by Crippen LogP contribution is -2.48. The van der Waals surface area contributed by atoms with Gasteiger partial charge in [-0.15, -0.1) is 0 Å². The Bertz CT molecular complexity index is 868. The Balaban J connectivity index is -0.00000156. The highest BCUT2D eigenvalue weighted by Crippen LogP contribution is 2.18. The van der Waals surface area contributed by atoms with Gasteiger partial charge in [-0.2, -0.15) is 0 Å². The average molecular weight is 775 g/mol. The summed E-state index contributed by atoms with van der Waals surface area (Å²) in [6.07, 6.45) is 26.8. The summed E-state index contributed by atoms with van der Waals surface area (Å²) in [7, 11) is 0. The molecule has 320 valence electrons. The number of carbonyl (C=O) groups excluding carboxylic acids is 2. The van der Waals surface area contributed by atoms with Crippen LogP contribution >= 0.6 is 0 Å². The number of aliphatic carboxylic acids is 3. The number of aliphatic hydroxyl groups excluding tert-OH is 1. The molecule has 0 aliphatic heterocycles. The van der Waals surface area contributed by atoms with Crippen molar-refractivity contribution in [3.8, 4) is 0 Å². The van der Waals surface area contributed by atoms with Crippen molar-refractivity contribution in [2.45, 2.75) is 212 Å². The molecule has 2 amide bonds. The second-order valence-electron chi connectivity index (χ2n) is 14.3. The van der Waals surface area contributed by atoms with Gasteiger partial charge in [-0.1, -0.05) is 149 Å². The lowest BCUT2D eigenvalue weighted by molar-refractivity contribution is -0.159. The molecule has 0 aromatic heterocycles. The van der Waals surface area contributed by atoms with Gasteiger partial charge in [0.2, 0.25) is 11.8 Å². The van der Waals surface area contributed by atoms with E-state index in [4.69, 9.17) is 32.5 Å². The molecule has 54 heavy (non-hydrogen) atoms. The van der Waals surface area contributed by atoms with E-state index in [1.807, 2.05) is 0 Å². The number of hydrogen-bond donors (Lipinski definition) is 7. The van der Waals surface area contributed by atoms with E-state index in [2.05, 4.69) is 13.8 Å². The molecule has 10 N–H and O–H groups in total. The normalized spacial score (nSPS) is 11.7. The molecule has 0 radical (unpaired) electrons. The summed E-state index contributed by atoms with van der Waals surface area (Å²) in [6, 6.07) is -2.14. The maximum absolute atomic E-state index is 13.0. The quantitative estimate of drug-likeness (QED) is 0.0309. The number of nitrogens with zero attached hydrogens (tertiary/aromatic N) is 1. The number of carboxylic acid groups (broad SMARTS) is 3. The number of nitrogens with two attached hydrogens (primary N) is 3. The summed E-state index contributed by atoms with van der Waals surface area (Å²) < 4.78 is 0. The molecule has 0 saturated heterocycles. The van der Waals surface area contributed by atoms with Crippen molar-refractivity contribution in [2.24, 2.45) is 17.2 Å². The van der Waals surface area contributed by atoms with Crippen LogP contribution in [0.25, 0.3) is 0 Å². The van der Waals surface area contributed by atoms with Crippen molar-refractivity contribution in [3.05, 3.63) is 0 Å². The first-order valence-corrected chi connectivity index (χ1v) is 21.2. The largest absolute Gasteiger partial charge is 0.481 e. The molecule has 0 fully saturated rings. The van der Waals surface area contributed by atoms with E-state index in [1.165, 1.54) is 89.9 Å². The number of hydrogen-bond acceptors (Lipinski definition) is 9. The number of carboxylic acids is 3. The first kappa shape index (κ1) is 55.7. The van der Waals surface area contributed by atoms with Crippen LogP contribution in [0.3, 0.4) is 0 Å². The lowest BCUT2D eigenvalue weighted by atomic mass is 10.0. The number of amides is 2. The summed E-state index contributed by atoms with van der Waals surface area (Å²) in [6.45, 7) is 5.51. The van der Waals surface area contributed by atoms with Crippen LogP contribution < -0.4 is 17.2 Å². The Morgan fingerprint density at radius 3 is 1.11 bits per heavy atom. The molecule has 13 heteroatoms. The predicted octanol–water partition coefficient (Wildman–Crippen LogP) is 7.53. The summed E-state index contributed by atoms with van der Waals surface area (Å²) in [5.74, 6) is -4.36. The van der Waals surface area contributed by atoms with E-state index >= 15 is 0 Å². The van der Waals surface area contributed by atoms with Crippen LogP contribution in [0.4, 0.5) is 0 Å². The highest BCUT2D eigenvalue weighted by Gasteiger charge is 2.34. The zero-order valence-electron chi connectivity index (χ0n) is 34.3. The fourth-order valence-corrected chi connectivity index (χ4v) is 5.86. The van der Waals surface area contributed by atoms with Gasteiger partial charge < -0.3 is 37.6 Å². The number of imide groups is 1. The van der Waals surface area contributed by atoms with E-state index in [9.17, 15) is 29.1 Å². The zero-order valence-corrected chi connectivity index (χ0v) is 34.3. The van der Waals surface area contributed by atoms with Crippen LogP contribution in [0.2, 0.25) is 0 Å². The smallest absolute Gasteiger partial charge is 0.326 e. The molecule has 0 rings (SSSR count).